The van der Waals surface area contributed by atoms with E-state index in [0.29, 0.717) is 6.42 Å². The lowest BCUT2D eigenvalue weighted by molar-refractivity contribution is 0.0638. The van der Waals surface area contributed by atoms with Gasteiger partial charge in [-0.25, -0.2) is 0 Å². The summed E-state index contributed by atoms with van der Waals surface area (Å²) in [6.07, 6.45) is 0.865. The summed E-state index contributed by atoms with van der Waals surface area (Å²) < 4.78 is 0. The predicted octanol–water partition coefficient (Wildman–Crippen LogP) is 3.17. The lowest BCUT2D eigenvalue weighted by Gasteiger charge is -2.27. The van der Waals surface area contributed by atoms with Gasteiger partial charge in [0.2, 0.25) is 0 Å². The molecular weight excluding hydrogens is 236 g/mol. The van der Waals surface area contributed by atoms with E-state index in [0.717, 1.165) is 23.1 Å². The summed E-state index contributed by atoms with van der Waals surface area (Å²) in [5.41, 5.74) is 2.69. The molecule has 0 amide bonds. The smallest absolute Gasteiger partial charge is 0.169 e. The van der Waals surface area contributed by atoms with Gasteiger partial charge >= 0.3 is 0 Å². The average molecular weight is 252 g/mol. The van der Waals surface area contributed by atoms with Crippen LogP contribution in [-0.4, -0.2) is 10.9 Å². The molecule has 0 saturated heterocycles. The van der Waals surface area contributed by atoms with E-state index in [4.69, 9.17) is 0 Å². The highest BCUT2D eigenvalue weighted by Crippen LogP contribution is 2.33. The van der Waals surface area contributed by atoms with Gasteiger partial charge < -0.3 is 5.11 Å². The van der Waals surface area contributed by atoms with E-state index < -0.39 is 6.10 Å². The molecule has 2 aromatic carbocycles. The van der Waals surface area contributed by atoms with Gasteiger partial charge in [0.05, 0.1) is 12.0 Å². The molecular formula is C17H16O2. The minimum Gasteiger partial charge on any atom is -0.388 e. The van der Waals surface area contributed by atoms with E-state index in [-0.39, 0.29) is 11.7 Å². The predicted molar refractivity (Wildman–Crippen MR) is 74.0 cm³/mol. The Morgan fingerprint density at radius 2 is 1.68 bits per heavy atom. The summed E-state index contributed by atoms with van der Waals surface area (Å²) in [5, 5.41) is 10.4. The van der Waals surface area contributed by atoms with Crippen LogP contribution in [0.4, 0.5) is 0 Å². The first-order valence-corrected chi connectivity index (χ1v) is 6.62. The number of carbonyl (C=O) groups excluding carboxylic acids is 1. The lowest BCUT2D eigenvalue weighted by Crippen LogP contribution is -2.28. The molecule has 96 valence electrons. The summed E-state index contributed by atoms with van der Waals surface area (Å²) >= 11 is 0. The molecule has 0 bridgehead atoms. The molecule has 0 aliphatic heterocycles. The molecule has 2 heteroatoms. The van der Waals surface area contributed by atoms with Crippen LogP contribution < -0.4 is 0 Å². The van der Waals surface area contributed by atoms with Gasteiger partial charge in [0.1, 0.15) is 0 Å². The molecule has 1 N–H and O–H groups in total. The molecule has 3 rings (SSSR count). The van der Waals surface area contributed by atoms with Crippen molar-refractivity contribution in [3.8, 4) is 0 Å². The number of ketones is 1. The highest BCUT2D eigenvalue weighted by molar-refractivity contribution is 6.00. The van der Waals surface area contributed by atoms with Gasteiger partial charge in [-0.15, -0.1) is 0 Å². The highest BCUT2D eigenvalue weighted by Gasteiger charge is 2.32. The summed E-state index contributed by atoms with van der Waals surface area (Å²) in [6.45, 7) is 0. The third-order valence-corrected chi connectivity index (χ3v) is 3.87. The fraction of sp³-hybridized carbons (Fsp3) is 0.235. The summed E-state index contributed by atoms with van der Waals surface area (Å²) in [4.78, 5) is 12.5. The molecule has 2 nitrogen and oxygen atoms in total. The van der Waals surface area contributed by atoms with Gasteiger partial charge in [-0.05, 0) is 24.0 Å². The monoisotopic (exact) mass is 252 g/mol. The molecule has 1 aliphatic rings. The van der Waals surface area contributed by atoms with Crippen molar-refractivity contribution in [2.24, 2.45) is 5.92 Å². The van der Waals surface area contributed by atoms with Gasteiger partial charge in [-0.3, -0.25) is 4.79 Å². The number of aliphatic hydroxyl groups excluding tert-OH is 1. The number of benzene rings is 2. The first-order valence-electron chi connectivity index (χ1n) is 6.62. The van der Waals surface area contributed by atoms with Gasteiger partial charge in [-0.2, -0.15) is 0 Å². The van der Waals surface area contributed by atoms with Gasteiger partial charge in [0, 0.05) is 5.56 Å². The zero-order valence-corrected chi connectivity index (χ0v) is 10.6. The van der Waals surface area contributed by atoms with Crippen molar-refractivity contribution >= 4 is 5.78 Å². The van der Waals surface area contributed by atoms with Crippen molar-refractivity contribution in [2.75, 3.05) is 0 Å². The number of hydrogen-bond donors (Lipinski definition) is 1. The van der Waals surface area contributed by atoms with Gasteiger partial charge in [-0.1, -0.05) is 54.6 Å². The zero-order chi connectivity index (χ0) is 13.2. The van der Waals surface area contributed by atoms with Crippen molar-refractivity contribution in [1.82, 2.24) is 0 Å². The zero-order valence-electron chi connectivity index (χ0n) is 10.6. The van der Waals surface area contributed by atoms with Crippen LogP contribution in [0.1, 0.15) is 34.0 Å². The summed E-state index contributed by atoms with van der Waals surface area (Å²) in [6, 6.07) is 17.1. The van der Waals surface area contributed by atoms with Crippen LogP contribution in [0, 0.1) is 5.92 Å². The minimum absolute atomic E-state index is 0.0678. The molecule has 1 unspecified atom stereocenters. The van der Waals surface area contributed by atoms with E-state index in [1.54, 1.807) is 0 Å². The molecule has 0 saturated carbocycles. The second kappa shape index (κ2) is 4.98. The molecule has 0 radical (unpaired) electrons. The Hall–Kier alpha value is -1.93. The maximum absolute atomic E-state index is 12.5. The third-order valence-electron chi connectivity index (χ3n) is 3.87. The number of hydrogen-bond acceptors (Lipinski definition) is 2. The number of aryl methyl sites for hydroxylation is 1. The van der Waals surface area contributed by atoms with Crippen LogP contribution >= 0.6 is 0 Å². The number of rotatable bonds is 2. The second-order valence-corrected chi connectivity index (χ2v) is 5.02. The first kappa shape index (κ1) is 12.1. The standard InChI is InChI=1S/C17H16O2/c18-16(13-7-2-1-3-8-13)15-11-10-12-6-4-5-9-14(12)17(15)19/h1-9,15-16,18H,10-11H2/t15?,16-/m0/s1. The molecule has 2 aromatic rings. The van der Waals surface area contributed by atoms with E-state index in [1.807, 2.05) is 54.6 Å². The van der Waals surface area contributed by atoms with Crippen LogP contribution in [0.25, 0.3) is 0 Å². The second-order valence-electron chi connectivity index (χ2n) is 5.02. The maximum Gasteiger partial charge on any atom is 0.169 e. The topological polar surface area (TPSA) is 37.3 Å². The van der Waals surface area contributed by atoms with Crippen LogP contribution in [-0.2, 0) is 6.42 Å². The summed E-state index contributed by atoms with van der Waals surface area (Å²) in [7, 11) is 0. The molecule has 0 spiro atoms. The molecule has 2 atom stereocenters. The minimum atomic E-state index is -0.706. The maximum atomic E-state index is 12.5. The van der Waals surface area contributed by atoms with E-state index in [9.17, 15) is 9.90 Å². The number of Topliss-reactive ketones (excluding diaryl/α,β-unsaturated/α-hetero) is 1. The fourth-order valence-electron chi connectivity index (χ4n) is 2.80. The van der Waals surface area contributed by atoms with E-state index >= 15 is 0 Å². The van der Waals surface area contributed by atoms with E-state index in [2.05, 4.69) is 0 Å². The molecule has 1 aliphatic carbocycles. The van der Waals surface area contributed by atoms with Crippen LogP contribution in [0.3, 0.4) is 0 Å². The van der Waals surface area contributed by atoms with Gasteiger partial charge in [0.25, 0.3) is 0 Å². The Labute approximate surface area is 112 Å². The highest BCUT2D eigenvalue weighted by atomic mass is 16.3. The molecule has 19 heavy (non-hydrogen) atoms. The van der Waals surface area contributed by atoms with Crippen molar-refractivity contribution in [3.63, 3.8) is 0 Å². The Morgan fingerprint density at radius 1 is 1.00 bits per heavy atom. The average Bonchev–Trinajstić information content (AvgIpc) is 2.48. The lowest BCUT2D eigenvalue weighted by atomic mass is 9.78. The van der Waals surface area contributed by atoms with Gasteiger partial charge in [0.15, 0.2) is 5.78 Å². The summed E-state index contributed by atoms with van der Waals surface area (Å²) in [5.74, 6) is -0.254. The van der Waals surface area contributed by atoms with Crippen molar-refractivity contribution < 1.29 is 9.90 Å². The Morgan fingerprint density at radius 3 is 2.47 bits per heavy atom. The largest absolute Gasteiger partial charge is 0.388 e. The number of fused-ring (bicyclic) bond motifs is 1. The third kappa shape index (κ3) is 2.20. The van der Waals surface area contributed by atoms with Crippen molar-refractivity contribution in [2.45, 2.75) is 18.9 Å². The van der Waals surface area contributed by atoms with Crippen molar-refractivity contribution in [3.05, 3.63) is 71.3 Å². The molecule has 0 fully saturated rings. The first-order chi connectivity index (χ1) is 9.27. The normalized spacial score (nSPS) is 19.8. The Kier molecular flexibility index (Phi) is 3.18. The Balaban J connectivity index is 1.90. The number of aliphatic hydroxyl groups is 1. The fourth-order valence-corrected chi connectivity index (χ4v) is 2.80. The van der Waals surface area contributed by atoms with Crippen LogP contribution in [0.15, 0.2) is 54.6 Å². The number of carbonyl (C=O) groups is 1. The quantitative estimate of drug-likeness (QED) is 0.891. The Bertz CT molecular complexity index is 589. The molecule has 0 heterocycles. The molecule has 0 aromatic heterocycles. The van der Waals surface area contributed by atoms with Crippen LogP contribution in [0.2, 0.25) is 0 Å². The SMILES string of the molecule is O=C1c2ccccc2CCC1[C@@H](O)c1ccccc1. The van der Waals surface area contributed by atoms with Crippen LogP contribution in [0.5, 0.6) is 0 Å². The van der Waals surface area contributed by atoms with Crippen molar-refractivity contribution in [1.29, 1.82) is 0 Å². The van der Waals surface area contributed by atoms with E-state index in [1.165, 1.54) is 0 Å².